The number of hydrogen-bond acceptors (Lipinski definition) is 4. The highest BCUT2D eigenvalue weighted by Crippen LogP contribution is 2.33. The van der Waals surface area contributed by atoms with Crippen LogP contribution in [0.3, 0.4) is 0 Å². The molecule has 3 heterocycles. The van der Waals surface area contributed by atoms with Gasteiger partial charge in [-0.1, -0.05) is 12.1 Å². The fourth-order valence-corrected chi connectivity index (χ4v) is 3.62. The molecule has 1 saturated heterocycles. The zero-order chi connectivity index (χ0) is 15.8. The van der Waals surface area contributed by atoms with Gasteiger partial charge in [0.2, 0.25) is 0 Å². The van der Waals surface area contributed by atoms with Crippen molar-refractivity contribution in [3.8, 4) is 0 Å². The first-order valence-electron chi connectivity index (χ1n) is 7.96. The molecule has 6 heteroatoms. The van der Waals surface area contributed by atoms with Gasteiger partial charge in [0, 0.05) is 56.7 Å². The summed E-state index contributed by atoms with van der Waals surface area (Å²) in [6.07, 6.45) is 5.83. The van der Waals surface area contributed by atoms with E-state index in [9.17, 15) is 5.11 Å². The largest absolute Gasteiger partial charge is 0.396 e. The molecule has 0 unspecified atom stereocenters. The van der Waals surface area contributed by atoms with Crippen molar-refractivity contribution in [1.82, 2.24) is 24.9 Å². The smallest absolute Gasteiger partial charge is 0.0653 e. The number of aryl methyl sites for hydroxylation is 1. The number of benzene rings is 1. The summed E-state index contributed by atoms with van der Waals surface area (Å²) < 4.78 is 1.83. The Morgan fingerprint density at radius 2 is 2.22 bits per heavy atom. The minimum Gasteiger partial charge on any atom is -0.396 e. The minimum absolute atomic E-state index is 0.218. The summed E-state index contributed by atoms with van der Waals surface area (Å²) in [5, 5.41) is 22.2. The number of nitrogens with one attached hydrogen (secondary N) is 1. The molecule has 0 amide bonds. The Labute approximate surface area is 134 Å². The number of hydrogen-bond donors (Lipinski definition) is 2. The molecule has 2 N–H and O–H groups in total. The molecular formula is C17H21N5O. The van der Waals surface area contributed by atoms with Crippen molar-refractivity contribution < 1.29 is 5.11 Å². The van der Waals surface area contributed by atoms with Gasteiger partial charge in [-0.25, -0.2) is 0 Å². The zero-order valence-corrected chi connectivity index (χ0v) is 13.2. The topological polar surface area (TPSA) is 70.0 Å². The molecule has 0 saturated carbocycles. The van der Waals surface area contributed by atoms with Gasteiger partial charge >= 0.3 is 0 Å². The lowest BCUT2D eigenvalue weighted by Gasteiger charge is -2.15. The lowest BCUT2D eigenvalue weighted by Crippen LogP contribution is -2.20. The summed E-state index contributed by atoms with van der Waals surface area (Å²) in [6.45, 7) is 2.98. The van der Waals surface area contributed by atoms with Gasteiger partial charge in [-0.2, -0.15) is 10.2 Å². The predicted molar refractivity (Wildman–Crippen MR) is 87.9 cm³/mol. The second-order valence-corrected chi connectivity index (χ2v) is 6.48. The highest BCUT2D eigenvalue weighted by molar-refractivity contribution is 5.78. The Morgan fingerprint density at radius 1 is 1.30 bits per heavy atom. The Kier molecular flexibility index (Phi) is 3.63. The van der Waals surface area contributed by atoms with E-state index in [2.05, 4.69) is 44.6 Å². The molecule has 0 aliphatic carbocycles. The first kappa shape index (κ1) is 14.4. The normalized spacial score (nSPS) is 22.2. The third-order valence-corrected chi connectivity index (χ3v) is 4.82. The van der Waals surface area contributed by atoms with E-state index < -0.39 is 0 Å². The minimum atomic E-state index is 0.218. The van der Waals surface area contributed by atoms with E-state index in [0.29, 0.717) is 5.92 Å². The van der Waals surface area contributed by atoms with Crippen LogP contribution in [-0.2, 0) is 13.6 Å². The average Bonchev–Trinajstić information content (AvgIpc) is 3.25. The summed E-state index contributed by atoms with van der Waals surface area (Å²) in [5.41, 5.74) is 3.56. The van der Waals surface area contributed by atoms with Gasteiger partial charge < -0.3 is 5.11 Å². The Hall–Kier alpha value is -2.18. The first-order chi connectivity index (χ1) is 11.2. The second kappa shape index (κ2) is 5.79. The standard InChI is InChI=1S/C17H21N5O/c1-21-8-14(6-19-21)16-10-22(9-15(16)11-23)7-12-2-3-13-5-18-20-17(13)4-12/h2-6,8,15-16,23H,7,9-11H2,1H3,(H,18,20)/t15-,16-/m0/s1. The molecule has 0 radical (unpaired) electrons. The van der Waals surface area contributed by atoms with E-state index in [1.165, 1.54) is 11.1 Å². The van der Waals surface area contributed by atoms with Crippen LogP contribution in [0.5, 0.6) is 0 Å². The lowest BCUT2D eigenvalue weighted by atomic mass is 9.92. The Morgan fingerprint density at radius 3 is 3.00 bits per heavy atom. The van der Waals surface area contributed by atoms with Crippen molar-refractivity contribution in [3.63, 3.8) is 0 Å². The van der Waals surface area contributed by atoms with Crippen molar-refractivity contribution in [1.29, 1.82) is 0 Å². The van der Waals surface area contributed by atoms with Gasteiger partial charge in [0.15, 0.2) is 0 Å². The van der Waals surface area contributed by atoms with Gasteiger partial charge in [-0.3, -0.25) is 14.7 Å². The number of aromatic amines is 1. The number of nitrogens with zero attached hydrogens (tertiary/aromatic N) is 4. The van der Waals surface area contributed by atoms with E-state index in [-0.39, 0.29) is 12.5 Å². The second-order valence-electron chi connectivity index (χ2n) is 6.48. The lowest BCUT2D eigenvalue weighted by molar-refractivity contribution is 0.214. The number of likely N-dealkylation sites (tertiary alicyclic amines) is 1. The van der Waals surface area contributed by atoms with Crippen LogP contribution in [-0.4, -0.2) is 49.7 Å². The molecule has 1 aliphatic heterocycles. The van der Waals surface area contributed by atoms with Crippen molar-refractivity contribution in [2.45, 2.75) is 12.5 Å². The van der Waals surface area contributed by atoms with Gasteiger partial charge in [0.1, 0.15) is 0 Å². The molecule has 2 atom stereocenters. The summed E-state index contributed by atoms with van der Waals surface area (Å²) in [4.78, 5) is 2.41. The first-order valence-corrected chi connectivity index (χ1v) is 7.96. The summed E-state index contributed by atoms with van der Waals surface area (Å²) in [7, 11) is 1.93. The predicted octanol–water partition coefficient (Wildman–Crippen LogP) is 1.50. The maximum Gasteiger partial charge on any atom is 0.0653 e. The average molecular weight is 311 g/mol. The van der Waals surface area contributed by atoms with Gasteiger partial charge in [-0.15, -0.1) is 0 Å². The number of fused-ring (bicyclic) bond motifs is 1. The maximum absolute atomic E-state index is 9.73. The SMILES string of the molecule is Cn1cc([C@@H]2CN(Cc3ccc4cn[nH]c4c3)C[C@H]2CO)cn1. The van der Waals surface area contributed by atoms with Gasteiger partial charge in [0.05, 0.1) is 17.9 Å². The van der Waals surface area contributed by atoms with Crippen LogP contribution in [0, 0.1) is 5.92 Å². The fourth-order valence-electron chi connectivity index (χ4n) is 3.62. The molecule has 1 aromatic carbocycles. The highest BCUT2D eigenvalue weighted by Gasteiger charge is 2.33. The molecule has 6 nitrogen and oxygen atoms in total. The van der Waals surface area contributed by atoms with E-state index in [1.807, 2.05) is 24.1 Å². The number of aromatic nitrogens is 4. The van der Waals surface area contributed by atoms with Gasteiger partial charge in [-0.05, 0) is 17.2 Å². The maximum atomic E-state index is 9.73. The monoisotopic (exact) mass is 311 g/mol. The fraction of sp³-hybridized carbons (Fsp3) is 0.412. The van der Waals surface area contributed by atoms with Crippen LogP contribution in [0.15, 0.2) is 36.8 Å². The van der Waals surface area contributed by atoms with Crippen molar-refractivity contribution >= 4 is 10.9 Å². The van der Waals surface area contributed by atoms with Crippen LogP contribution in [0.2, 0.25) is 0 Å². The molecule has 23 heavy (non-hydrogen) atoms. The molecule has 1 fully saturated rings. The van der Waals surface area contributed by atoms with Crippen LogP contribution >= 0.6 is 0 Å². The van der Waals surface area contributed by atoms with E-state index in [0.717, 1.165) is 30.5 Å². The number of rotatable bonds is 4. The molecule has 0 spiro atoms. The molecule has 2 aromatic heterocycles. The Balaban J connectivity index is 1.51. The van der Waals surface area contributed by atoms with E-state index in [4.69, 9.17) is 0 Å². The van der Waals surface area contributed by atoms with Gasteiger partial charge in [0.25, 0.3) is 0 Å². The van der Waals surface area contributed by atoms with Crippen molar-refractivity contribution in [3.05, 3.63) is 47.9 Å². The van der Waals surface area contributed by atoms with Crippen molar-refractivity contribution in [2.75, 3.05) is 19.7 Å². The third-order valence-electron chi connectivity index (χ3n) is 4.82. The molecular weight excluding hydrogens is 290 g/mol. The number of aliphatic hydroxyl groups excluding tert-OH is 1. The van der Waals surface area contributed by atoms with Crippen molar-refractivity contribution in [2.24, 2.45) is 13.0 Å². The molecule has 4 rings (SSSR count). The van der Waals surface area contributed by atoms with Crippen LogP contribution < -0.4 is 0 Å². The molecule has 120 valence electrons. The van der Waals surface area contributed by atoms with Crippen LogP contribution in [0.1, 0.15) is 17.0 Å². The summed E-state index contributed by atoms with van der Waals surface area (Å²) in [5.74, 6) is 0.625. The van der Waals surface area contributed by atoms with E-state index in [1.54, 1.807) is 0 Å². The van der Waals surface area contributed by atoms with Crippen LogP contribution in [0.25, 0.3) is 10.9 Å². The summed E-state index contributed by atoms with van der Waals surface area (Å²) in [6, 6.07) is 6.42. The molecule has 1 aliphatic rings. The quantitative estimate of drug-likeness (QED) is 0.766. The molecule has 3 aromatic rings. The number of H-pyrrole nitrogens is 1. The zero-order valence-electron chi connectivity index (χ0n) is 13.2. The number of aliphatic hydroxyl groups is 1. The third kappa shape index (κ3) is 2.75. The highest BCUT2D eigenvalue weighted by atomic mass is 16.3. The Bertz CT molecular complexity index is 808. The van der Waals surface area contributed by atoms with E-state index >= 15 is 0 Å². The molecule has 0 bridgehead atoms. The van der Waals surface area contributed by atoms with Crippen LogP contribution in [0.4, 0.5) is 0 Å². The summed E-state index contributed by atoms with van der Waals surface area (Å²) >= 11 is 0.